The number of carbonyl (C=O) groups excluding carboxylic acids is 2. The average Bonchev–Trinajstić information content (AvgIpc) is 3.41. The zero-order valence-corrected chi connectivity index (χ0v) is 19.6. The van der Waals surface area contributed by atoms with Crippen LogP contribution in [0, 0.1) is 0 Å². The predicted octanol–water partition coefficient (Wildman–Crippen LogP) is 2.87. The van der Waals surface area contributed by atoms with E-state index in [0.29, 0.717) is 0 Å². The van der Waals surface area contributed by atoms with Crippen molar-refractivity contribution in [2.45, 2.75) is 17.4 Å². The van der Waals surface area contributed by atoms with Crippen LogP contribution in [-0.4, -0.2) is 39.4 Å². The third-order valence-electron chi connectivity index (χ3n) is 5.38. The Balaban J connectivity index is 1.45. The van der Waals surface area contributed by atoms with E-state index < -0.39 is 27.9 Å². The summed E-state index contributed by atoms with van der Waals surface area (Å²) in [4.78, 5) is 25.0. The van der Waals surface area contributed by atoms with Gasteiger partial charge in [0, 0.05) is 13.1 Å². The molecule has 0 bridgehead atoms. The molecule has 0 spiro atoms. The van der Waals surface area contributed by atoms with Gasteiger partial charge in [-0.1, -0.05) is 60.7 Å². The van der Waals surface area contributed by atoms with Gasteiger partial charge in [0.25, 0.3) is 5.91 Å². The summed E-state index contributed by atoms with van der Waals surface area (Å²) in [7, 11) is -3.98. The number of benzene rings is 3. The summed E-state index contributed by atoms with van der Waals surface area (Å²) < 4.78 is 33.9. The third kappa shape index (κ3) is 6.34. The van der Waals surface area contributed by atoms with Crippen molar-refractivity contribution in [1.29, 1.82) is 0 Å². The standard InChI is InChI=1S/C26H25N3O5S/c30-25(27-14-15-28-26(31)24-11-6-16-34-24)23(17-19-7-2-1-3-8-19)29-35(32,33)22-13-12-20-9-4-5-10-21(20)18-22/h1-13,16,18,23,29H,14-15,17H2,(H,27,30)(H,28,31)/t23-/m0/s1. The molecule has 9 heteroatoms. The van der Waals surface area contributed by atoms with Gasteiger partial charge in [0.1, 0.15) is 6.04 Å². The number of fused-ring (bicyclic) bond motifs is 1. The first-order valence-corrected chi connectivity index (χ1v) is 12.6. The van der Waals surface area contributed by atoms with Crippen molar-refractivity contribution in [1.82, 2.24) is 15.4 Å². The number of furan rings is 1. The first kappa shape index (κ1) is 24.2. The van der Waals surface area contributed by atoms with Crippen molar-refractivity contribution in [2.75, 3.05) is 13.1 Å². The largest absolute Gasteiger partial charge is 0.459 e. The van der Waals surface area contributed by atoms with Gasteiger partial charge in [0.15, 0.2) is 5.76 Å². The summed E-state index contributed by atoms with van der Waals surface area (Å²) in [6.07, 6.45) is 1.56. The molecule has 2 amide bonds. The molecule has 180 valence electrons. The Morgan fingerprint density at radius 3 is 2.26 bits per heavy atom. The molecular formula is C26H25N3O5S. The van der Waals surface area contributed by atoms with Gasteiger partial charge in [0.05, 0.1) is 11.2 Å². The number of carbonyl (C=O) groups is 2. The summed E-state index contributed by atoms with van der Waals surface area (Å²) in [6.45, 7) is 0.273. The van der Waals surface area contributed by atoms with Gasteiger partial charge in [-0.05, 0) is 47.0 Å². The van der Waals surface area contributed by atoms with Crippen molar-refractivity contribution >= 4 is 32.6 Å². The summed E-state index contributed by atoms with van der Waals surface area (Å²) in [5.41, 5.74) is 0.806. The van der Waals surface area contributed by atoms with Gasteiger partial charge in [-0.25, -0.2) is 8.42 Å². The number of sulfonamides is 1. The van der Waals surface area contributed by atoms with Crippen molar-refractivity contribution < 1.29 is 22.4 Å². The molecule has 0 aliphatic heterocycles. The molecule has 8 nitrogen and oxygen atoms in total. The summed E-state index contributed by atoms with van der Waals surface area (Å²) >= 11 is 0. The highest BCUT2D eigenvalue weighted by Gasteiger charge is 2.26. The van der Waals surface area contributed by atoms with Gasteiger partial charge in [-0.2, -0.15) is 4.72 Å². The second-order valence-electron chi connectivity index (χ2n) is 7.90. The highest BCUT2D eigenvalue weighted by atomic mass is 32.2. The van der Waals surface area contributed by atoms with Gasteiger partial charge in [0.2, 0.25) is 15.9 Å². The lowest BCUT2D eigenvalue weighted by molar-refractivity contribution is -0.122. The lowest BCUT2D eigenvalue weighted by Crippen LogP contribution is -2.49. The van der Waals surface area contributed by atoms with E-state index in [9.17, 15) is 18.0 Å². The van der Waals surface area contributed by atoms with Crippen LogP contribution in [0.1, 0.15) is 16.1 Å². The molecule has 4 aromatic rings. The van der Waals surface area contributed by atoms with E-state index in [4.69, 9.17) is 4.42 Å². The average molecular weight is 492 g/mol. The summed E-state index contributed by atoms with van der Waals surface area (Å²) in [5.74, 6) is -0.728. The van der Waals surface area contributed by atoms with Gasteiger partial charge >= 0.3 is 0 Å². The van der Waals surface area contributed by atoms with Crippen molar-refractivity contribution in [3.8, 4) is 0 Å². The van der Waals surface area contributed by atoms with Crippen LogP contribution in [0.2, 0.25) is 0 Å². The Hall–Kier alpha value is -3.95. The molecule has 3 aromatic carbocycles. The van der Waals surface area contributed by atoms with Gasteiger partial charge < -0.3 is 15.1 Å². The summed E-state index contributed by atoms with van der Waals surface area (Å²) in [6, 6.07) is 23.5. The maximum Gasteiger partial charge on any atom is 0.287 e. The fourth-order valence-electron chi connectivity index (χ4n) is 3.61. The summed E-state index contributed by atoms with van der Waals surface area (Å²) in [5, 5.41) is 7.03. The molecule has 0 saturated carbocycles. The molecule has 1 atom stereocenters. The van der Waals surface area contributed by atoms with Gasteiger partial charge in [-0.15, -0.1) is 0 Å². The van der Waals surface area contributed by atoms with E-state index in [1.807, 2.05) is 54.6 Å². The maximum atomic E-state index is 13.2. The van der Waals surface area contributed by atoms with E-state index in [1.165, 1.54) is 18.4 Å². The van der Waals surface area contributed by atoms with Crippen molar-refractivity contribution in [3.63, 3.8) is 0 Å². The normalized spacial score (nSPS) is 12.2. The molecule has 0 fully saturated rings. The quantitative estimate of drug-likeness (QED) is 0.295. The van der Waals surface area contributed by atoms with Crippen LogP contribution in [-0.2, 0) is 21.2 Å². The zero-order chi connectivity index (χ0) is 24.7. The molecule has 1 heterocycles. The molecule has 35 heavy (non-hydrogen) atoms. The highest BCUT2D eigenvalue weighted by molar-refractivity contribution is 7.89. The van der Waals surface area contributed by atoms with Gasteiger partial charge in [-0.3, -0.25) is 9.59 Å². The molecule has 0 saturated heterocycles. The van der Waals surface area contributed by atoms with Crippen LogP contribution in [0.5, 0.6) is 0 Å². The van der Waals surface area contributed by atoms with Crippen molar-refractivity contribution in [3.05, 3.63) is 103 Å². The molecule has 0 radical (unpaired) electrons. The SMILES string of the molecule is O=C(NCCNC(=O)[C@H](Cc1ccccc1)NS(=O)(=O)c1ccc2ccccc2c1)c1ccco1. The monoisotopic (exact) mass is 491 g/mol. The smallest absolute Gasteiger partial charge is 0.287 e. The molecule has 4 rings (SSSR count). The Morgan fingerprint density at radius 2 is 1.51 bits per heavy atom. The van der Waals surface area contributed by atoms with Crippen LogP contribution >= 0.6 is 0 Å². The molecule has 0 unspecified atom stereocenters. The minimum Gasteiger partial charge on any atom is -0.459 e. The maximum absolute atomic E-state index is 13.2. The van der Waals surface area contributed by atoms with E-state index in [1.54, 1.807) is 18.2 Å². The van der Waals surface area contributed by atoms with E-state index in [2.05, 4.69) is 15.4 Å². The second-order valence-corrected chi connectivity index (χ2v) is 9.61. The van der Waals surface area contributed by atoms with Crippen LogP contribution < -0.4 is 15.4 Å². The number of hydrogen-bond acceptors (Lipinski definition) is 5. The first-order chi connectivity index (χ1) is 16.9. The van der Waals surface area contributed by atoms with Crippen LogP contribution in [0.4, 0.5) is 0 Å². The molecule has 0 aliphatic carbocycles. The zero-order valence-electron chi connectivity index (χ0n) is 18.8. The number of hydrogen-bond donors (Lipinski definition) is 3. The molecule has 0 aliphatic rings. The second kappa shape index (κ2) is 11.0. The third-order valence-corrected chi connectivity index (χ3v) is 6.85. The fraction of sp³-hybridized carbons (Fsp3) is 0.154. The van der Waals surface area contributed by atoms with Crippen LogP contribution in [0.3, 0.4) is 0 Å². The van der Waals surface area contributed by atoms with Crippen molar-refractivity contribution in [2.24, 2.45) is 0 Å². The highest BCUT2D eigenvalue weighted by Crippen LogP contribution is 2.19. The topological polar surface area (TPSA) is 118 Å². The van der Waals surface area contributed by atoms with Crippen LogP contribution in [0.15, 0.2) is 101 Å². The van der Waals surface area contributed by atoms with E-state index >= 15 is 0 Å². The number of rotatable bonds is 10. The van der Waals surface area contributed by atoms with E-state index in [-0.39, 0.29) is 30.2 Å². The minimum atomic E-state index is -3.98. The van der Waals surface area contributed by atoms with Crippen LogP contribution in [0.25, 0.3) is 10.8 Å². The molecule has 1 aromatic heterocycles. The molecule has 3 N–H and O–H groups in total. The Morgan fingerprint density at radius 1 is 0.800 bits per heavy atom. The number of nitrogens with one attached hydrogen (secondary N) is 3. The predicted molar refractivity (Wildman–Crippen MR) is 132 cm³/mol. The number of amides is 2. The Bertz CT molecular complexity index is 1400. The fourth-order valence-corrected chi connectivity index (χ4v) is 4.84. The lowest BCUT2D eigenvalue weighted by atomic mass is 10.1. The minimum absolute atomic E-state index is 0.0766. The van der Waals surface area contributed by atoms with E-state index in [0.717, 1.165) is 16.3 Å². The Labute approximate surface area is 203 Å². The lowest BCUT2D eigenvalue weighted by Gasteiger charge is -2.19. The Kier molecular flexibility index (Phi) is 7.59. The molecular weight excluding hydrogens is 466 g/mol. The first-order valence-electron chi connectivity index (χ1n) is 11.1.